The highest BCUT2D eigenvalue weighted by Crippen LogP contribution is 2.18. The minimum atomic E-state index is -1.20. The lowest BCUT2D eigenvalue weighted by Crippen LogP contribution is -2.37. The molecule has 0 spiro atoms. The first kappa shape index (κ1) is 12.9. The number of rotatable bonds is 2. The van der Waals surface area contributed by atoms with Crippen LogP contribution in [0.1, 0.15) is 31.2 Å². The molecule has 0 bridgehead atoms. The van der Waals surface area contributed by atoms with Gasteiger partial charge in [-0.05, 0) is 24.8 Å². The van der Waals surface area contributed by atoms with E-state index in [1.165, 1.54) is 4.90 Å². The molecule has 1 amide bonds. The van der Waals surface area contributed by atoms with Crippen molar-refractivity contribution in [1.29, 1.82) is 0 Å². The van der Waals surface area contributed by atoms with Gasteiger partial charge in [-0.25, -0.2) is 9.18 Å². The third-order valence-corrected chi connectivity index (χ3v) is 3.12. The summed E-state index contributed by atoms with van der Waals surface area (Å²) in [5.74, 6) is 0. The van der Waals surface area contributed by atoms with Gasteiger partial charge in [0.15, 0.2) is 6.30 Å². The SMILES string of the molecule is O=C(OCc1ccccc1)N1CCCCCC1F. The van der Waals surface area contributed by atoms with Gasteiger partial charge >= 0.3 is 6.09 Å². The molecule has 1 aliphatic rings. The highest BCUT2D eigenvalue weighted by Gasteiger charge is 2.25. The maximum absolute atomic E-state index is 13.7. The molecule has 1 saturated heterocycles. The number of carbonyl (C=O) groups excluding carboxylic acids is 1. The lowest BCUT2D eigenvalue weighted by molar-refractivity contribution is 0.0448. The maximum Gasteiger partial charge on any atom is 0.412 e. The highest BCUT2D eigenvalue weighted by atomic mass is 19.1. The van der Waals surface area contributed by atoms with E-state index in [4.69, 9.17) is 4.74 Å². The summed E-state index contributed by atoms with van der Waals surface area (Å²) in [4.78, 5) is 13.0. The van der Waals surface area contributed by atoms with Crippen molar-refractivity contribution >= 4 is 6.09 Å². The Morgan fingerprint density at radius 2 is 2.06 bits per heavy atom. The third-order valence-electron chi connectivity index (χ3n) is 3.12. The van der Waals surface area contributed by atoms with Crippen molar-refractivity contribution in [3.63, 3.8) is 0 Å². The number of carbonyl (C=O) groups is 1. The van der Waals surface area contributed by atoms with Crippen molar-refractivity contribution in [2.45, 2.75) is 38.6 Å². The summed E-state index contributed by atoms with van der Waals surface area (Å²) in [6.45, 7) is 0.650. The van der Waals surface area contributed by atoms with Gasteiger partial charge in [-0.1, -0.05) is 36.8 Å². The minimum absolute atomic E-state index is 0.197. The van der Waals surface area contributed by atoms with Gasteiger partial charge in [0.2, 0.25) is 0 Å². The van der Waals surface area contributed by atoms with Gasteiger partial charge in [-0.3, -0.25) is 4.90 Å². The standard InChI is InChI=1S/C14H18FNO2/c15-13-9-5-2-6-10-16(13)14(17)18-11-12-7-3-1-4-8-12/h1,3-4,7-8,13H,2,5-6,9-11H2. The smallest absolute Gasteiger partial charge is 0.412 e. The molecule has 1 aromatic carbocycles. The van der Waals surface area contributed by atoms with Crippen LogP contribution in [-0.2, 0) is 11.3 Å². The predicted octanol–water partition coefficient (Wildman–Crippen LogP) is 3.49. The zero-order valence-corrected chi connectivity index (χ0v) is 10.3. The first-order valence-corrected chi connectivity index (χ1v) is 6.39. The van der Waals surface area contributed by atoms with Gasteiger partial charge in [-0.15, -0.1) is 0 Å². The average molecular weight is 251 g/mol. The molecule has 0 radical (unpaired) electrons. The monoisotopic (exact) mass is 251 g/mol. The van der Waals surface area contributed by atoms with E-state index < -0.39 is 12.4 Å². The molecular weight excluding hydrogens is 233 g/mol. The van der Waals surface area contributed by atoms with E-state index in [9.17, 15) is 9.18 Å². The summed E-state index contributed by atoms with van der Waals surface area (Å²) in [6.07, 6.45) is 1.33. The number of nitrogens with zero attached hydrogens (tertiary/aromatic N) is 1. The summed E-state index contributed by atoms with van der Waals surface area (Å²) < 4.78 is 18.8. The van der Waals surface area contributed by atoms with Crippen LogP contribution in [0.3, 0.4) is 0 Å². The Kier molecular flexibility index (Phi) is 4.56. The summed E-state index contributed by atoms with van der Waals surface area (Å²) in [6, 6.07) is 9.42. The van der Waals surface area contributed by atoms with Crippen molar-refractivity contribution < 1.29 is 13.9 Å². The molecule has 0 saturated carbocycles. The third kappa shape index (κ3) is 3.45. The van der Waals surface area contributed by atoms with E-state index in [0.717, 1.165) is 24.8 Å². The Hall–Kier alpha value is -1.58. The zero-order chi connectivity index (χ0) is 12.8. The van der Waals surface area contributed by atoms with Gasteiger partial charge < -0.3 is 4.74 Å². The quantitative estimate of drug-likeness (QED) is 0.753. The number of alkyl halides is 1. The zero-order valence-electron chi connectivity index (χ0n) is 10.3. The molecule has 4 heteroatoms. The van der Waals surface area contributed by atoms with Gasteiger partial charge in [-0.2, -0.15) is 0 Å². The fraction of sp³-hybridized carbons (Fsp3) is 0.500. The number of halogens is 1. The van der Waals surface area contributed by atoms with Gasteiger partial charge in [0.05, 0.1) is 0 Å². The number of ether oxygens (including phenoxy) is 1. The van der Waals surface area contributed by atoms with Crippen LogP contribution in [0.5, 0.6) is 0 Å². The normalized spacial score (nSPS) is 20.3. The first-order chi connectivity index (χ1) is 8.77. The Morgan fingerprint density at radius 1 is 1.28 bits per heavy atom. The number of benzene rings is 1. The van der Waals surface area contributed by atoms with Crippen molar-refractivity contribution in [2.24, 2.45) is 0 Å². The van der Waals surface area contributed by atoms with E-state index in [1.807, 2.05) is 30.3 Å². The highest BCUT2D eigenvalue weighted by molar-refractivity contribution is 5.67. The maximum atomic E-state index is 13.7. The summed E-state index contributed by atoms with van der Waals surface area (Å²) >= 11 is 0. The van der Waals surface area contributed by atoms with Crippen LogP contribution in [0.15, 0.2) is 30.3 Å². The molecule has 18 heavy (non-hydrogen) atoms. The molecule has 2 rings (SSSR count). The van der Waals surface area contributed by atoms with E-state index in [1.54, 1.807) is 0 Å². The predicted molar refractivity (Wildman–Crippen MR) is 66.7 cm³/mol. The fourth-order valence-electron chi connectivity index (χ4n) is 2.08. The van der Waals surface area contributed by atoms with Crippen molar-refractivity contribution in [1.82, 2.24) is 4.90 Å². The molecule has 98 valence electrons. The summed E-state index contributed by atoms with van der Waals surface area (Å²) in [5.41, 5.74) is 0.913. The fourth-order valence-corrected chi connectivity index (χ4v) is 2.08. The molecule has 1 fully saturated rings. The topological polar surface area (TPSA) is 29.5 Å². The number of hydrogen-bond acceptors (Lipinski definition) is 2. The first-order valence-electron chi connectivity index (χ1n) is 6.39. The molecule has 0 aromatic heterocycles. The Morgan fingerprint density at radius 3 is 2.83 bits per heavy atom. The van der Waals surface area contributed by atoms with Crippen LogP contribution >= 0.6 is 0 Å². The molecular formula is C14H18FNO2. The molecule has 1 aromatic rings. The second-order valence-electron chi connectivity index (χ2n) is 4.52. The van der Waals surface area contributed by atoms with Gasteiger partial charge in [0.1, 0.15) is 6.61 Å². The second-order valence-corrected chi connectivity index (χ2v) is 4.52. The number of amides is 1. The minimum Gasteiger partial charge on any atom is -0.444 e. The van der Waals surface area contributed by atoms with E-state index in [0.29, 0.717) is 13.0 Å². The Bertz CT molecular complexity index is 383. The lowest BCUT2D eigenvalue weighted by atomic mass is 10.2. The van der Waals surface area contributed by atoms with Crippen molar-refractivity contribution in [3.05, 3.63) is 35.9 Å². The Balaban J connectivity index is 1.87. The van der Waals surface area contributed by atoms with Crippen LogP contribution in [0.4, 0.5) is 9.18 Å². The molecule has 0 aliphatic carbocycles. The van der Waals surface area contributed by atoms with Crippen LogP contribution < -0.4 is 0 Å². The molecule has 1 atom stereocenters. The van der Waals surface area contributed by atoms with Crippen molar-refractivity contribution in [2.75, 3.05) is 6.54 Å². The molecule has 1 unspecified atom stereocenters. The second kappa shape index (κ2) is 6.38. The van der Waals surface area contributed by atoms with E-state index in [2.05, 4.69) is 0 Å². The largest absolute Gasteiger partial charge is 0.444 e. The molecule has 1 heterocycles. The Labute approximate surface area is 107 Å². The molecule has 0 N–H and O–H groups in total. The summed E-state index contributed by atoms with van der Waals surface area (Å²) in [7, 11) is 0. The van der Waals surface area contributed by atoms with E-state index in [-0.39, 0.29) is 6.61 Å². The van der Waals surface area contributed by atoms with Crippen molar-refractivity contribution in [3.8, 4) is 0 Å². The molecule has 3 nitrogen and oxygen atoms in total. The van der Waals surface area contributed by atoms with Crippen LogP contribution in [0.2, 0.25) is 0 Å². The number of hydrogen-bond donors (Lipinski definition) is 0. The lowest BCUT2D eigenvalue weighted by Gasteiger charge is -2.23. The average Bonchev–Trinajstić information content (AvgIpc) is 2.62. The van der Waals surface area contributed by atoms with Crippen LogP contribution in [-0.4, -0.2) is 23.8 Å². The summed E-state index contributed by atoms with van der Waals surface area (Å²) in [5, 5.41) is 0. The van der Waals surface area contributed by atoms with Gasteiger partial charge in [0.25, 0.3) is 0 Å². The van der Waals surface area contributed by atoms with Gasteiger partial charge in [0, 0.05) is 6.54 Å². The molecule has 1 aliphatic heterocycles. The van der Waals surface area contributed by atoms with Crippen LogP contribution in [0, 0.1) is 0 Å². The number of likely N-dealkylation sites (tertiary alicyclic amines) is 1. The van der Waals surface area contributed by atoms with Crippen LogP contribution in [0.25, 0.3) is 0 Å². The van der Waals surface area contributed by atoms with E-state index >= 15 is 0 Å².